The number of anilines is 1. The van der Waals surface area contributed by atoms with E-state index in [2.05, 4.69) is 20.5 Å². The first-order chi connectivity index (χ1) is 14.6. The van der Waals surface area contributed by atoms with Gasteiger partial charge in [-0.15, -0.1) is 0 Å². The van der Waals surface area contributed by atoms with Gasteiger partial charge < -0.3 is 16.0 Å². The molecule has 3 heterocycles. The van der Waals surface area contributed by atoms with E-state index in [9.17, 15) is 9.59 Å². The van der Waals surface area contributed by atoms with Crippen molar-refractivity contribution < 1.29 is 4.79 Å². The molecule has 1 aromatic carbocycles. The number of nitrogens with one attached hydrogen (secondary N) is 2. The van der Waals surface area contributed by atoms with Crippen LogP contribution in [0.4, 0.5) is 10.6 Å². The van der Waals surface area contributed by atoms with Crippen molar-refractivity contribution >= 4 is 11.8 Å². The Balaban J connectivity index is 1.39. The third kappa shape index (κ3) is 4.86. The van der Waals surface area contributed by atoms with Gasteiger partial charge in [-0.1, -0.05) is 12.1 Å². The van der Waals surface area contributed by atoms with Crippen molar-refractivity contribution in [2.75, 3.05) is 51.1 Å². The summed E-state index contributed by atoms with van der Waals surface area (Å²) in [5.74, 6) is 0.861. The van der Waals surface area contributed by atoms with Gasteiger partial charge in [-0.2, -0.15) is 4.98 Å². The fourth-order valence-corrected chi connectivity index (χ4v) is 3.99. The fourth-order valence-electron chi connectivity index (χ4n) is 3.99. The molecule has 0 saturated carbocycles. The zero-order valence-corrected chi connectivity index (χ0v) is 17.1. The molecule has 0 aliphatic carbocycles. The summed E-state index contributed by atoms with van der Waals surface area (Å²) in [5, 5.41) is 5.91. The molecule has 1 atom stereocenters. The van der Waals surface area contributed by atoms with Crippen molar-refractivity contribution in [3.05, 3.63) is 52.6 Å². The standard InChI is InChI=1S/C21H29N7O2/c22-13-17-5-9-26(15-17)14-16-1-3-18(4-2-16)28-10-6-19(25-21(28)30)24-20(29)27-11-7-23-8-12-27/h1-4,6,10,17,23H,5,7-9,11-15,22H2,(H,24,25,29,30)/t17-/m0/s1. The number of urea groups is 1. The quantitative estimate of drug-likeness (QED) is 0.659. The minimum atomic E-state index is -0.425. The zero-order chi connectivity index (χ0) is 20.9. The van der Waals surface area contributed by atoms with E-state index in [4.69, 9.17) is 5.73 Å². The smallest absolute Gasteiger partial charge is 0.330 e. The second kappa shape index (κ2) is 9.38. The van der Waals surface area contributed by atoms with E-state index >= 15 is 0 Å². The normalized spacial score (nSPS) is 19.8. The molecule has 0 spiro atoms. The van der Waals surface area contributed by atoms with Crippen LogP contribution in [0.1, 0.15) is 12.0 Å². The van der Waals surface area contributed by atoms with Crippen molar-refractivity contribution in [1.82, 2.24) is 24.7 Å². The van der Waals surface area contributed by atoms with Crippen molar-refractivity contribution in [2.24, 2.45) is 11.7 Å². The van der Waals surface area contributed by atoms with E-state index < -0.39 is 5.69 Å². The van der Waals surface area contributed by atoms with Gasteiger partial charge in [0.2, 0.25) is 0 Å². The van der Waals surface area contributed by atoms with Gasteiger partial charge in [0.25, 0.3) is 0 Å². The Morgan fingerprint density at radius 2 is 1.93 bits per heavy atom. The lowest BCUT2D eigenvalue weighted by molar-refractivity contribution is 0.204. The van der Waals surface area contributed by atoms with Crippen LogP contribution in [0.15, 0.2) is 41.3 Å². The topological polar surface area (TPSA) is 109 Å². The molecule has 30 heavy (non-hydrogen) atoms. The van der Waals surface area contributed by atoms with E-state index in [1.165, 1.54) is 10.1 Å². The summed E-state index contributed by atoms with van der Waals surface area (Å²) in [6, 6.07) is 9.34. The van der Waals surface area contributed by atoms with Crippen LogP contribution in [0.3, 0.4) is 0 Å². The number of hydrogen-bond acceptors (Lipinski definition) is 6. The lowest BCUT2D eigenvalue weighted by Crippen LogP contribution is -2.48. The number of aromatic nitrogens is 2. The first kappa shape index (κ1) is 20.5. The van der Waals surface area contributed by atoms with E-state index in [1.807, 2.05) is 24.3 Å². The third-order valence-electron chi connectivity index (χ3n) is 5.77. The van der Waals surface area contributed by atoms with E-state index in [0.717, 1.165) is 51.4 Å². The minimum Gasteiger partial charge on any atom is -0.330 e. The summed E-state index contributed by atoms with van der Waals surface area (Å²) in [4.78, 5) is 32.9. The molecule has 2 aliphatic rings. The van der Waals surface area contributed by atoms with Crippen molar-refractivity contribution in [3.8, 4) is 5.69 Å². The van der Waals surface area contributed by atoms with E-state index in [0.29, 0.717) is 19.0 Å². The maximum atomic E-state index is 12.5. The van der Waals surface area contributed by atoms with Crippen LogP contribution in [0.25, 0.3) is 5.69 Å². The summed E-state index contributed by atoms with van der Waals surface area (Å²) in [7, 11) is 0. The monoisotopic (exact) mass is 411 g/mol. The lowest BCUT2D eigenvalue weighted by atomic mass is 10.1. The number of likely N-dealkylation sites (tertiary alicyclic amines) is 1. The average molecular weight is 412 g/mol. The number of hydrogen-bond donors (Lipinski definition) is 3. The van der Waals surface area contributed by atoms with Gasteiger partial charge in [0.1, 0.15) is 5.82 Å². The zero-order valence-electron chi connectivity index (χ0n) is 17.1. The number of carbonyl (C=O) groups is 1. The van der Waals surface area contributed by atoms with Gasteiger partial charge in [0.15, 0.2) is 0 Å². The highest BCUT2D eigenvalue weighted by Gasteiger charge is 2.21. The van der Waals surface area contributed by atoms with Gasteiger partial charge in [0.05, 0.1) is 5.69 Å². The molecular formula is C21H29N7O2. The molecule has 2 aliphatic heterocycles. The molecule has 2 saturated heterocycles. The highest BCUT2D eigenvalue weighted by molar-refractivity contribution is 5.88. The highest BCUT2D eigenvalue weighted by Crippen LogP contribution is 2.18. The minimum absolute atomic E-state index is 0.232. The molecule has 9 heteroatoms. The Labute approximate surface area is 175 Å². The number of piperazine rings is 1. The van der Waals surface area contributed by atoms with Gasteiger partial charge >= 0.3 is 11.7 Å². The predicted molar refractivity (Wildman–Crippen MR) is 116 cm³/mol. The van der Waals surface area contributed by atoms with E-state index in [-0.39, 0.29) is 11.8 Å². The maximum Gasteiger partial charge on any atom is 0.354 e. The molecule has 0 bridgehead atoms. The van der Waals surface area contributed by atoms with Crippen LogP contribution < -0.4 is 22.1 Å². The molecular weight excluding hydrogens is 382 g/mol. The van der Waals surface area contributed by atoms with Crippen LogP contribution in [0.2, 0.25) is 0 Å². The van der Waals surface area contributed by atoms with Crippen molar-refractivity contribution in [1.29, 1.82) is 0 Å². The molecule has 2 aromatic rings. The van der Waals surface area contributed by atoms with Gasteiger partial charge in [-0.05, 0) is 49.2 Å². The summed E-state index contributed by atoms with van der Waals surface area (Å²) in [5.41, 5.74) is 7.30. The van der Waals surface area contributed by atoms with E-state index in [1.54, 1.807) is 17.2 Å². The molecule has 2 amide bonds. The molecule has 2 fully saturated rings. The first-order valence-corrected chi connectivity index (χ1v) is 10.5. The Morgan fingerprint density at radius 1 is 1.17 bits per heavy atom. The third-order valence-corrected chi connectivity index (χ3v) is 5.77. The van der Waals surface area contributed by atoms with Crippen molar-refractivity contribution in [3.63, 3.8) is 0 Å². The fraction of sp³-hybridized carbons (Fsp3) is 0.476. The molecule has 4 N–H and O–H groups in total. The largest absolute Gasteiger partial charge is 0.354 e. The molecule has 4 rings (SSSR count). The molecule has 160 valence electrons. The SMILES string of the molecule is NC[C@@H]1CCN(Cc2ccc(-n3ccc(NC(=O)N4CCNCC4)nc3=O)cc2)C1. The summed E-state index contributed by atoms with van der Waals surface area (Å²) < 4.78 is 1.48. The predicted octanol–water partition coefficient (Wildman–Crippen LogP) is 0.450. The van der Waals surface area contributed by atoms with Crippen molar-refractivity contribution in [2.45, 2.75) is 13.0 Å². The van der Waals surface area contributed by atoms with Gasteiger partial charge in [0, 0.05) is 45.5 Å². The highest BCUT2D eigenvalue weighted by atomic mass is 16.2. The number of nitrogens with two attached hydrogens (primary N) is 1. The summed E-state index contributed by atoms with van der Waals surface area (Å²) in [6.45, 7) is 6.57. The Bertz CT molecular complexity index is 922. The molecule has 0 radical (unpaired) electrons. The average Bonchev–Trinajstić information content (AvgIpc) is 3.23. The first-order valence-electron chi connectivity index (χ1n) is 10.5. The van der Waals surface area contributed by atoms with Crippen LogP contribution in [0.5, 0.6) is 0 Å². The van der Waals surface area contributed by atoms with Crippen LogP contribution in [-0.4, -0.2) is 71.2 Å². The number of carbonyl (C=O) groups excluding carboxylic acids is 1. The number of benzene rings is 1. The second-order valence-corrected chi connectivity index (χ2v) is 7.92. The molecule has 1 aromatic heterocycles. The number of amides is 2. The van der Waals surface area contributed by atoms with Crippen LogP contribution in [-0.2, 0) is 6.54 Å². The van der Waals surface area contributed by atoms with Gasteiger partial charge in [-0.3, -0.25) is 14.8 Å². The maximum absolute atomic E-state index is 12.5. The Hall–Kier alpha value is -2.75. The number of nitrogens with zero attached hydrogens (tertiary/aromatic N) is 4. The van der Waals surface area contributed by atoms with Gasteiger partial charge in [-0.25, -0.2) is 9.59 Å². The Kier molecular flexibility index (Phi) is 6.41. The Morgan fingerprint density at radius 3 is 2.60 bits per heavy atom. The van der Waals surface area contributed by atoms with Crippen LogP contribution >= 0.6 is 0 Å². The number of rotatable bonds is 5. The molecule has 9 nitrogen and oxygen atoms in total. The summed E-state index contributed by atoms with van der Waals surface area (Å²) >= 11 is 0. The lowest BCUT2D eigenvalue weighted by Gasteiger charge is -2.27. The second-order valence-electron chi connectivity index (χ2n) is 7.92. The molecule has 0 unspecified atom stereocenters. The summed E-state index contributed by atoms with van der Waals surface area (Å²) in [6.07, 6.45) is 2.80. The van der Waals surface area contributed by atoms with Crippen LogP contribution in [0, 0.1) is 5.92 Å².